The van der Waals surface area contributed by atoms with Crippen LogP contribution in [-0.2, 0) is 10.8 Å². The first kappa shape index (κ1) is 13.0. The highest BCUT2D eigenvalue weighted by Crippen LogP contribution is 2.30. The number of halogens is 1. The van der Waals surface area contributed by atoms with E-state index < -0.39 is 0 Å². The number of hydrogen-bond donors (Lipinski definition) is 0. The molecule has 1 heteroatoms. The SMILES string of the molecule is CC(C)(C)c1[c]cc(C(C)(C)C)c(I)c1. The number of rotatable bonds is 0. The molecule has 0 aromatic heterocycles. The summed E-state index contributed by atoms with van der Waals surface area (Å²) in [6.07, 6.45) is 0. The molecule has 0 saturated carbocycles. The second-order valence-corrected chi connectivity index (χ2v) is 7.27. The Bertz CT molecular complexity index is 351. The van der Waals surface area contributed by atoms with Crippen molar-refractivity contribution in [1.29, 1.82) is 0 Å². The van der Waals surface area contributed by atoms with Gasteiger partial charge >= 0.3 is 0 Å². The first-order valence-corrected chi connectivity index (χ1v) is 6.42. The minimum absolute atomic E-state index is 0.191. The van der Waals surface area contributed by atoms with E-state index in [2.05, 4.69) is 82.3 Å². The van der Waals surface area contributed by atoms with Crippen molar-refractivity contribution < 1.29 is 0 Å². The van der Waals surface area contributed by atoms with Gasteiger partial charge < -0.3 is 0 Å². The molecule has 0 spiro atoms. The molecule has 1 aromatic carbocycles. The quantitative estimate of drug-likeness (QED) is 0.610. The summed E-state index contributed by atoms with van der Waals surface area (Å²) in [5, 5.41) is 0. The van der Waals surface area contributed by atoms with Gasteiger partial charge in [-0.15, -0.1) is 0 Å². The summed E-state index contributed by atoms with van der Waals surface area (Å²) < 4.78 is 1.35. The first-order chi connectivity index (χ1) is 6.62. The van der Waals surface area contributed by atoms with Crippen molar-refractivity contribution >= 4 is 22.6 Å². The lowest BCUT2D eigenvalue weighted by molar-refractivity contribution is 0.573. The predicted octanol–water partition coefficient (Wildman–Crippen LogP) is 4.69. The zero-order valence-electron chi connectivity index (χ0n) is 10.5. The zero-order chi connectivity index (χ0) is 11.9. The molecule has 0 fully saturated rings. The van der Waals surface area contributed by atoms with Gasteiger partial charge in [-0.3, -0.25) is 0 Å². The monoisotopic (exact) mass is 315 g/mol. The van der Waals surface area contributed by atoms with Crippen LogP contribution in [0.3, 0.4) is 0 Å². The van der Waals surface area contributed by atoms with E-state index >= 15 is 0 Å². The van der Waals surface area contributed by atoms with E-state index in [9.17, 15) is 0 Å². The van der Waals surface area contributed by atoms with Gasteiger partial charge in [-0.05, 0) is 62.7 Å². The average molecular weight is 315 g/mol. The van der Waals surface area contributed by atoms with Crippen LogP contribution in [0.2, 0.25) is 0 Å². The van der Waals surface area contributed by atoms with Gasteiger partial charge in [-0.25, -0.2) is 0 Å². The van der Waals surface area contributed by atoms with E-state index in [4.69, 9.17) is 0 Å². The topological polar surface area (TPSA) is 0 Å². The second kappa shape index (κ2) is 4.08. The van der Waals surface area contributed by atoms with Crippen LogP contribution in [0.1, 0.15) is 52.7 Å². The minimum Gasteiger partial charge on any atom is -0.0561 e. The van der Waals surface area contributed by atoms with Crippen molar-refractivity contribution in [3.8, 4) is 0 Å². The van der Waals surface area contributed by atoms with Crippen molar-refractivity contribution in [2.75, 3.05) is 0 Å². The zero-order valence-corrected chi connectivity index (χ0v) is 12.7. The fourth-order valence-electron chi connectivity index (χ4n) is 1.47. The third kappa shape index (κ3) is 3.20. The third-order valence-corrected chi connectivity index (χ3v) is 3.41. The molecule has 1 aromatic rings. The van der Waals surface area contributed by atoms with Crippen molar-refractivity contribution in [3.05, 3.63) is 32.9 Å². The second-order valence-electron chi connectivity index (χ2n) is 6.11. The summed E-state index contributed by atoms with van der Waals surface area (Å²) in [7, 11) is 0. The fourth-order valence-corrected chi connectivity index (χ4v) is 2.75. The molecular formula is C14H20I. The normalized spacial score (nSPS) is 13.0. The number of benzene rings is 1. The Morgan fingerprint density at radius 3 is 1.87 bits per heavy atom. The lowest BCUT2D eigenvalue weighted by Gasteiger charge is -2.24. The Kier molecular flexibility index (Phi) is 3.54. The summed E-state index contributed by atoms with van der Waals surface area (Å²) in [5.74, 6) is 0. The molecule has 0 heterocycles. The summed E-state index contributed by atoms with van der Waals surface area (Å²) in [4.78, 5) is 0. The molecule has 1 rings (SSSR count). The fraction of sp³-hybridized carbons (Fsp3) is 0.571. The maximum Gasteiger partial charge on any atom is 0.0171 e. The van der Waals surface area contributed by atoms with Crippen LogP contribution in [0.15, 0.2) is 12.1 Å². The van der Waals surface area contributed by atoms with Gasteiger partial charge in [0.05, 0.1) is 0 Å². The van der Waals surface area contributed by atoms with Gasteiger partial charge in [-0.1, -0.05) is 41.5 Å². The van der Waals surface area contributed by atoms with Gasteiger partial charge in [0.25, 0.3) is 0 Å². The van der Waals surface area contributed by atoms with Gasteiger partial charge in [0.1, 0.15) is 0 Å². The van der Waals surface area contributed by atoms with E-state index in [-0.39, 0.29) is 10.8 Å². The Balaban J connectivity index is 3.21. The predicted molar refractivity (Wildman–Crippen MR) is 75.4 cm³/mol. The van der Waals surface area contributed by atoms with E-state index in [1.54, 1.807) is 0 Å². The molecule has 0 aliphatic rings. The standard InChI is InChI=1S/C14H20I/c1-13(2,3)10-7-8-11(12(15)9-10)14(4,5)6/h8-9H,1-6H3. The van der Waals surface area contributed by atoms with Crippen molar-refractivity contribution in [1.82, 2.24) is 0 Å². The molecule has 0 atom stereocenters. The Morgan fingerprint density at radius 2 is 1.53 bits per heavy atom. The maximum absolute atomic E-state index is 3.42. The van der Waals surface area contributed by atoms with Crippen molar-refractivity contribution in [2.45, 2.75) is 52.4 Å². The molecule has 1 radical (unpaired) electrons. The highest BCUT2D eigenvalue weighted by atomic mass is 127. The van der Waals surface area contributed by atoms with Crippen molar-refractivity contribution in [3.63, 3.8) is 0 Å². The van der Waals surface area contributed by atoms with Crippen LogP contribution in [-0.4, -0.2) is 0 Å². The highest BCUT2D eigenvalue weighted by Gasteiger charge is 2.20. The van der Waals surface area contributed by atoms with Crippen LogP contribution in [0.5, 0.6) is 0 Å². The molecule has 0 N–H and O–H groups in total. The Morgan fingerprint density at radius 1 is 1.00 bits per heavy atom. The molecule has 0 aliphatic carbocycles. The molecule has 0 amide bonds. The molecule has 0 unspecified atom stereocenters. The summed E-state index contributed by atoms with van der Waals surface area (Å²) in [6, 6.07) is 7.84. The molecule has 83 valence electrons. The summed E-state index contributed by atoms with van der Waals surface area (Å²) >= 11 is 2.43. The third-order valence-electron chi connectivity index (χ3n) is 2.52. The van der Waals surface area contributed by atoms with Crippen LogP contribution >= 0.6 is 22.6 Å². The number of hydrogen-bond acceptors (Lipinski definition) is 0. The Hall–Kier alpha value is -0.0500. The van der Waals surface area contributed by atoms with Gasteiger partial charge in [-0.2, -0.15) is 0 Å². The van der Waals surface area contributed by atoms with E-state index in [1.807, 2.05) is 0 Å². The summed E-state index contributed by atoms with van der Waals surface area (Å²) in [6.45, 7) is 13.4. The van der Waals surface area contributed by atoms with Crippen LogP contribution in [0, 0.1) is 9.64 Å². The minimum atomic E-state index is 0.191. The largest absolute Gasteiger partial charge is 0.0561 e. The van der Waals surface area contributed by atoms with E-state index in [1.165, 1.54) is 14.7 Å². The molecule has 0 saturated heterocycles. The lowest BCUT2D eigenvalue weighted by Crippen LogP contribution is -2.16. The summed E-state index contributed by atoms with van der Waals surface area (Å²) in [5.41, 5.74) is 3.08. The van der Waals surface area contributed by atoms with Crippen molar-refractivity contribution in [2.24, 2.45) is 0 Å². The van der Waals surface area contributed by atoms with Crippen LogP contribution in [0.25, 0.3) is 0 Å². The lowest BCUT2D eigenvalue weighted by atomic mass is 9.82. The van der Waals surface area contributed by atoms with Gasteiger partial charge in [0, 0.05) is 3.57 Å². The molecule has 0 aliphatic heterocycles. The highest BCUT2D eigenvalue weighted by molar-refractivity contribution is 14.1. The van der Waals surface area contributed by atoms with E-state index in [0.717, 1.165) is 0 Å². The van der Waals surface area contributed by atoms with Crippen LogP contribution < -0.4 is 0 Å². The average Bonchev–Trinajstić information content (AvgIpc) is 1.99. The smallest absolute Gasteiger partial charge is 0.0171 e. The maximum atomic E-state index is 3.42. The van der Waals surface area contributed by atoms with E-state index in [0.29, 0.717) is 0 Å². The molecule has 15 heavy (non-hydrogen) atoms. The first-order valence-electron chi connectivity index (χ1n) is 5.34. The van der Waals surface area contributed by atoms with Gasteiger partial charge in [0.2, 0.25) is 0 Å². The van der Waals surface area contributed by atoms with Gasteiger partial charge in [0.15, 0.2) is 0 Å². The molecular weight excluding hydrogens is 295 g/mol. The Labute approximate surface area is 108 Å². The molecule has 0 nitrogen and oxygen atoms in total. The van der Waals surface area contributed by atoms with Crippen LogP contribution in [0.4, 0.5) is 0 Å². The molecule has 0 bridgehead atoms.